The standard InChI is InChI=1S/C15H26N2O4/c1-9-5-6-11(10(2)7-9)16-14(21)17-12(18)8-15(3,4)13(19)20/h9-11H,5-8H2,1-4H3,(H,19,20)(H2,16,17,18,21). The highest BCUT2D eigenvalue weighted by molar-refractivity contribution is 5.96. The first kappa shape index (κ1) is 17.5. The molecule has 0 aromatic rings. The summed E-state index contributed by atoms with van der Waals surface area (Å²) in [4.78, 5) is 34.5. The van der Waals surface area contributed by atoms with Gasteiger partial charge in [0, 0.05) is 12.5 Å². The van der Waals surface area contributed by atoms with Crippen LogP contribution in [0.2, 0.25) is 0 Å². The van der Waals surface area contributed by atoms with E-state index < -0.39 is 23.3 Å². The van der Waals surface area contributed by atoms with Crippen LogP contribution in [-0.4, -0.2) is 29.1 Å². The van der Waals surface area contributed by atoms with E-state index in [0.29, 0.717) is 11.8 Å². The molecule has 120 valence electrons. The summed E-state index contributed by atoms with van der Waals surface area (Å²) >= 11 is 0. The molecule has 1 fully saturated rings. The van der Waals surface area contributed by atoms with Gasteiger partial charge >= 0.3 is 12.0 Å². The topological polar surface area (TPSA) is 95.5 Å². The minimum Gasteiger partial charge on any atom is -0.481 e. The van der Waals surface area contributed by atoms with Crippen molar-refractivity contribution in [1.82, 2.24) is 10.6 Å². The summed E-state index contributed by atoms with van der Waals surface area (Å²) in [6, 6.07) is -0.464. The van der Waals surface area contributed by atoms with Gasteiger partial charge < -0.3 is 10.4 Å². The largest absolute Gasteiger partial charge is 0.481 e. The molecule has 0 radical (unpaired) electrons. The molecule has 0 heterocycles. The highest BCUT2D eigenvalue weighted by Crippen LogP contribution is 2.28. The Morgan fingerprint density at radius 1 is 1.19 bits per heavy atom. The van der Waals surface area contributed by atoms with Gasteiger partial charge in [0.05, 0.1) is 5.41 Å². The van der Waals surface area contributed by atoms with E-state index in [1.165, 1.54) is 13.8 Å². The number of rotatable bonds is 4. The van der Waals surface area contributed by atoms with Gasteiger partial charge in [0.2, 0.25) is 5.91 Å². The Kier molecular flexibility index (Phi) is 5.75. The van der Waals surface area contributed by atoms with Crippen molar-refractivity contribution in [2.24, 2.45) is 17.3 Å². The number of carbonyl (C=O) groups is 3. The van der Waals surface area contributed by atoms with Crippen LogP contribution in [0.3, 0.4) is 0 Å². The summed E-state index contributed by atoms with van der Waals surface area (Å²) in [7, 11) is 0. The number of urea groups is 1. The molecule has 0 aromatic carbocycles. The molecule has 21 heavy (non-hydrogen) atoms. The van der Waals surface area contributed by atoms with E-state index in [0.717, 1.165) is 19.3 Å². The highest BCUT2D eigenvalue weighted by Gasteiger charge is 2.31. The molecule has 0 aliphatic heterocycles. The van der Waals surface area contributed by atoms with Crippen LogP contribution in [0, 0.1) is 17.3 Å². The van der Waals surface area contributed by atoms with E-state index in [1.807, 2.05) is 0 Å². The maximum Gasteiger partial charge on any atom is 0.321 e. The number of hydrogen-bond acceptors (Lipinski definition) is 3. The van der Waals surface area contributed by atoms with Crippen LogP contribution in [0.4, 0.5) is 4.79 Å². The fourth-order valence-electron chi connectivity index (χ4n) is 2.73. The fourth-order valence-corrected chi connectivity index (χ4v) is 2.73. The third kappa shape index (κ3) is 5.36. The molecule has 1 aliphatic rings. The molecule has 1 saturated carbocycles. The summed E-state index contributed by atoms with van der Waals surface area (Å²) < 4.78 is 0. The number of imide groups is 1. The van der Waals surface area contributed by atoms with Gasteiger partial charge in [-0.3, -0.25) is 14.9 Å². The van der Waals surface area contributed by atoms with Gasteiger partial charge in [0.15, 0.2) is 0 Å². The molecule has 0 spiro atoms. The lowest BCUT2D eigenvalue weighted by Gasteiger charge is -2.33. The molecule has 3 atom stereocenters. The Morgan fingerprint density at radius 2 is 1.81 bits per heavy atom. The number of amides is 3. The molecule has 6 heteroatoms. The molecule has 1 aliphatic carbocycles. The smallest absolute Gasteiger partial charge is 0.321 e. The third-order valence-corrected chi connectivity index (χ3v) is 4.18. The molecule has 6 nitrogen and oxygen atoms in total. The second-order valence-corrected chi connectivity index (χ2v) is 6.89. The van der Waals surface area contributed by atoms with Crippen molar-refractivity contribution in [1.29, 1.82) is 0 Å². The first-order chi connectivity index (χ1) is 9.61. The monoisotopic (exact) mass is 298 g/mol. The van der Waals surface area contributed by atoms with E-state index in [4.69, 9.17) is 5.11 Å². The van der Waals surface area contributed by atoms with Crippen molar-refractivity contribution in [3.05, 3.63) is 0 Å². The van der Waals surface area contributed by atoms with Crippen molar-refractivity contribution in [2.45, 2.75) is 59.4 Å². The lowest BCUT2D eigenvalue weighted by molar-refractivity contribution is -0.149. The van der Waals surface area contributed by atoms with Crippen LogP contribution in [0.1, 0.15) is 53.4 Å². The van der Waals surface area contributed by atoms with Crippen molar-refractivity contribution < 1.29 is 19.5 Å². The van der Waals surface area contributed by atoms with E-state index in [-0.39, 0.29) is 12.5 Å². The molecular weight excluding hydrogens is 272 g/mol. The second-order valence-electron chi connectivity index (χ2n) is 6.89. The van der Waals surface area contributed by atoms with Gasteiger partial charge in [-0.1, -0.05) is 13.8 Å². The average Bonchev–Trinajstić information content (AvgIpc) is 2.31. The molecule has 3 N–H and O–H groups in total. The molecule has 0 saturated heterocycles. The summed E-state index contributed by atoms with van der Waals surface area (Å²) in [6.07, 6.45) is 2.80. The molecule has 0 bridgehead atoms. The zero-order valence-corrected chi connectivity index (χ0v) is 13.2. The number of carboxylic acids is 1. The second kappa shape index (κ2) is 6.91. The molecule has 0 aromatic heterocycles. The van der Waals surface area contributed by atoms with Crippen LogP contribution in [0.15, 0.2) is 0 Å². The normalized spacial score (nSPS) is 26.0. The quantitative estimate of drug-likeness (QED) is 0.741. The van der Waals surface area contributed by atoms with Gasteiger partial charge in [-0.15, -0.1) is 0 Å². The number of nitrogens with one attached hydrogen (secondary N) is 2. The SMILES string of the molecule is CC1CCC(NC(=O)NC(=O)CC(C)(C)C(=O)O)C(C)C1. The zero-order chi connectivity index (χ0) is 16.2. The number of carbonyl (C=O) groups excluding carboxylic acids is 2. The van der Waals surface area contributed by atoms with Gasteiger partial charge in [0.1, 0.15) is 0 Å². The van der Waals surface area contributed by atoms with Gasteiger partial charge in [-0.25, -0.2) is 4.79 Å². The third-order valence-electron chi connectivity index (χ3n) is 4.18. The Labute approximate surface area is 125 Å². The van der Waals surface area contributed by atoms with Crippen LogP contribution >= 0.6 is 0 Å². The fraction of sp³-hybridized carbons (Fsp3) is 0.800. The predicted molar refractivity (Wildman–Crippen MR) is 78.7 cm³/mol. The Balaban J connectivity index is 2.43. The number of aliphatic carboxylic acids is 1. The minimum atomic E-state index is -1.18. The highest BCUT2D eigenvalue weighted by atomic mass is 16.4. The first-order valence-corrected chi connectivity index (χ1v) is 7.45. The molecule has 3 amide bonds. The summed E-state index contributed by atoms with van der Waals surface area (Å²) in [6.45, 7) is 7.20. The summed E-state index contributed by atoms with van der Waals surface area (Å²) in [5, 5.41) is 14.0. The van der Waals surface area contributed by atoms with Gasteiger partial charge in [-0.2, -0.15) is 0 Å². The van der Waals surface area contributed by atoms with Crippen molar-refractivity contribution in [2.75, 3.05) is 0 Å². The maximum absolute atomic E-state index is 11.8. The van der Waals surface area contributed by atoms with Crippen molar-refractivity contribution in [3.8, 4) is 0 Å². The lowest BCUT2D eigenvalue weighted by atomic mass is 9.80. The van der Waals surface area contributed by atoms with Crippen LogP contribution in [0.25, 0.3) is 0 Å². The Bertz CT molecular complexity index is 420. The number of hydrogen-bond donors (Lipinski definition) is 3. The van der Waals surface area contributed by atoms with Gasteiger partial charge in [-0.05, 0) is 44.9 Å². The molecule has 3 unspecified atom stereocenters. The van der Waals surface area contributed by atoms with Crippen LogP contribution in [0.5, 0.6) is 0 Å². The molecular formula is C15H26N2O4. The van der Waals surface area contributed by atoms with Crippen molar-refractivity contribution in [3.63, 3.8) is 0 Å². The Morgan fingerprint density at radius 3 is 2.33 bits per heavy atom. The summed E-state index contributed by atoms with van der Waals surface area (Å²) in [5.74, 6) is -0.589. The van der Waals surface area contributed by atoms with E-state index >= 15 is 0 Å². The predicted octanol–water partition coefficient (Wildman–Crippen LogP) is 2.14. The van der Waals surface area contributed by atoms with E-state index in [1.54, 1.807) is 0 Å². The van der Waals surface area contributed by atoms with Crippen molar-refractivity contribution >= 4 is 17.9 Å². The van der Waals surface area contributed by atoms with E-state index in [9.17, 15) is 14.4 Å². The van der Waals surface area contributed by atoms with E-state index in [2.05, 4.69) is 24.5 Å². The van der Waals surface area contributed by atoms with Crippen LogP contribution in [-0.2, 0) is 9.59 Å². The average molecular weight is 298 g/mol. The Hall–Kier alpha value is -1.59. The summed E-state index contributed by atoms with van der Waals surface area (Å²) in [5.41, 5.74) is -1.18. The van der Waals surface area contributed by atoms with Crippen LogP contribution < -0.4 is 10.6 Å². The minimum absolute atomic E-state index is 0.0708. The maximum atomic E-state index is 11.8. The molecule has 1 rings (SSSR count). The lowest BCUT2D eigenvalue weighted by Crippen LogP contribution is -2.49. The number of carboxylic acid groups (broad SMARTS) is 1. The zero-order valence-electron chi connectivity index (χ0n) is 13.2. The first-order valence-electron chi connectivity index (χ1n) is 7.45. The van der Waals surface area contributed by atoms with Gasteiger partial charge in [0.25, 0.3) is 0 Å².